The van der Waals surface area contributed by atoms with E-state index in [9.17, 15) is 22.8 Å². The number of nitrogens with zero attached hydrogens (tertiary/aromatic N) is 3. The van der Waals surface area contributed by atoms with E-state index in [2.05, 4.69) is 9.58 Å². The van der Waals surface area contributed by atoms with Crippen molar-refractivity contribution in [3.8, 4) is 5.75 Å². The van der Waals surface area contributed by atoms with Crippen LogP contribution in [0.1, 0.15) is 19.4 Å². The minimum absolute atomic E-state index is 0.186. The molecule has 1 N–H and O–H groups in total. The molecule has 164 valence electrons. The Balaban J connectivity index is 1.98. The lowest BCUT2D eigenvalue weighted by atomic mass is 10.1. The number of carboxylic acid groups (broad SMARTS) is 1. The summed E-state index contributed by atoms with van der Waals surface area (Å²) in [5.41, 5.74) is 0.968. The fraction of sp³-hybridized carbons (Fsp3) is 0.526. The van der Waals surface area contributed by atoms with Gasteiger partial charge in [0, 0.05) is 38.3 Å². The molecule has 1 aliphatic rings. The molecular weight excluding hydrogens is 407 g/mol. The number of alkyl halides is 3. The van der Waals surface area contributed by atoms with Gasteiger partial charge in [0.25, 0.3) is 0 Å². The second-order valence-corrected chi connectivity index (χ2v) is 6.83. The maximum absolute atomic E-state index is 12.5. The first-order valence-corrected chi connectivity index (χ1v) is 9.15. The molecule has 1 unspecified atom stereocenters. The summed E-state index contributed by atoms with van der Waals surface area (Å²) in [5, 5.41) is 9.06. The minimum Gasteiger partial charge on any atom is -0.480 e. The van der Waals surface area contributed by atoms with Crippen LogP contribution in [0.3, 0.4) is 0 Å². The molecule has 0 saturated carbocycles. The van der Waals surface area contributed by atoms with Gasteiger partial charge in [0.05, 0.1) is 6.57 Å². The molecule has 0 bridgehead atoms. The third kappa shape index (κ3) is 6.25. The summed E-state index contributed by atoms with van der Waals surface area (Å²) in [6.45, 7) is 10.8. The van der Waals surface area contributed by atoms with Crippen molar-refractivity contribution in [3.63, 3.8) is 0 Å². The minimum atomic E-state index is -4.61. The molecule has 1 aliphatic heterocycles. The zero-order valence-corrected chi connectivity index (χ0v) is 16.5. The molecule has 1 aromatic rings. The summed E-state index contributed by atoms with van der Waals surface area (Å²) in [7, 11) is 0. The number of halogens is 3. The number of carbonyl (C=O) groups excluding carboxylic acids is 1. The van der Waals surface area contributed by atoms with Gasteiger partial charge in [0.15, 0.2) is 17.9 Å². The van der Waals surface area contributed by atoms with Crippen molar-refractivity contribution in [2.45, 2.75) is 38.8 Å². The van der Waals surface area contributed by atoms with E-state index in [0.717, 1.165) is 6.92 Å². The summed E-state index contributed by atoms with van der Waals surface area (Å²) < 4.78 is 47.6. The van der Waals surface area contributed by atoms with Crippen LogP contribution in [0.15, 0.2) is 18.2 Å². The zero-order chi connectivity index (χ0) is 22.5. The highest BCUT2D eigenvalue weighted by Gasteiger charge is 2.40. The highest BCUT2D eigenvalue weighted by atomic mass is 19.4. The predicted octanol–water partition coefficient (Wildman–Crippen LogP) is 3.29. The van der Waals surface area contributed by atoms with E-state index in [-0.39, 0.29) is 18.8 Å². The summed E-state index contributed by atoms with van der Waals surface area (Å²) in [5.74, 6) is -0.867. The molecule has 30 heavy (non-hydrogen) atoms. The third-order valence-corrected chi connectivity index (χ3v) is 4.59. The Morgan fingerprint density at radius 2 is 1.87 bits per heavy atom. The van der Waals surface area contributed by atoms with E-state index >= 15 is 0 Å². The molecular formula is C19H22F3N3O5. The maximum Gasteiger partial charge on any atom is 0.425 e. The van der Waals surface area contributed by atoms with Gasteiger partial charge in [-0.25, -0.2) is 14.4 Å². The lowest BCUT2D eigenvalue weighted by Crippen LogP contribution is -2.49. The Morgan fingerprint density at radius 1 is 1.23 bits per heavy atom. The third-order valence-electron chi connectivity index (χ3n) is 4.59. The van der Waals surface area contributed by atoms with Crippen LogP contribution < -0.4 is 4.74 Å². The maximum atomic E-state index is 12.5. The van der Waals surface area contributed by atoms with Gasteiger partial charge in [-0.1, -0.05) is 12.1 Å². The Kier molecular flexibility index (Phi) is 7.50. The van der Waals surface area contributed by atoms with Crippen molar-refractivity contribution in [2.24, 2.45) is 0 Å². The summed E-state index contributed by atoms with van der Waals surface area (Å²) in [6, 6.07) is 4.73. The van der Waals surface area contributed by atoms with E-state index in [4.69, 9.17) is 16.4 Å². The van der Waals surface area contributed by atoms with Crippen LogP contribution in [-0.4, -0.2) is 71.5 Å². The van der Waals surface area contributed by atoms with Crippen LogP contribution in [0.2, 0.25) is 0 Å². The van der Waals surface area contributed by atoms with Gasteiger partial charge in [0.1, 0.15) is 5.75 Å². The van der Waals surface area contributed by atoms with Crippen molar-refractivity contribution in [1.29, 1.82) is 0 Å². The van der Waals surface area contributed by atoms with Gasteiger partial charge in [-0.2, -0.15) is 13.2 Å². The molecule has 0 spiro atoms. The average Bonchev–Trinajstić information content (AvgIpc) is 2.68. The Hall–Kier alpha value is -3.00. The van der Waals surface area contributed by atoms with E-state index in [1.165, 1.54) is 17.9 Å². The molecule has 1 heterocycles. The van der Waals surface area contributed by atoms with Crippen molar-refractivity contribution < 1.29 is 37.3 Å². The molecule has 1 amide bonds. The lowest BCUT2D eigenvalue weighted by molar-refractivity contribution is -0.200. The Bertz CT molecular complexity index is 817. The van der Waals surface area contributed by atoms with Gasteiger partial charge in [-0.3, -0.25) is 4.90 Å². The van der Waals surface area contributed by atoms with Gasteiger partial charge >= 0.3 is 18.2 Å². The van der Waals surface area contributed by atoms with Gasteiger partial charge < -0.3 is 19.5 Å². The number of carboxylic acids is 1. The van der Waals surface area contributed by atoms with Crippen molar-refractivity contribution >= 4 is 17.7 Å². The molecule has 0 aliphatic carbocycles. The quantitative estimate of drug-likeness (QED) is 0.699. The zero-order valence-electron chi connectivity index (χ0n) is 16.5. The van der Waals surface area contributed by atoms with E-state index in [1.54, 1.807) is 12.1 Å². The highest BCUT2D eigenvalue weighted by molar-refractivity contribution is 5.72. The number of piperazine rings is 1. The highest BCUT2D eigenvalue weighted by Crippen LogP contribution is 2.28. The second kappa shape index (κ2) is 9.67. The number of benzene rings is 1. The molecule has 8 nitrogen and oxygen atoms in total. The Labute approximate surface area is 171 Å². The van der Waals surface area contributed by atoms with E-state index in [1.807, 2.05) is 4.90 Å². The Morgan fingerprint density at radius 3 is 2.40 bits per heavy atom. The molecule has 0 aromatic heterocycles. The van der Waals surface area contributed by atoms with Crippen LogP contribution in [0.4, 0.5) is 23.7 Å². The normalized spacial score (nSPS) is 17.0. The number of ether oxygens (including phenoxy) is 2. The SMILES string of the molecule is [C-]#[N+]c1ccc(CN2CCN(C(=O)OC(C)C(F)(F)F)CC2)c(O[C@H](C)C(=O)O)c1. The van der Waals surface area contributed by atoms with Crippen LogP contribution in [0, 0.1) is 6.57 Å². The van der Waals surface area contributed by atoms with Crippen molar-refractivity contribution in [1.82, 2.24) is 9.80 Å². The first-order valence-electron chi connectivity index (χ1n) is 9.15. The van der Waals surface area contributed by atoms with Gasteiger partial charge in [-0.05, 0) is 19.9 Å². The van der Waals surface area contributed by atoms with Crippen LogP contribution >= 0.6 is 0 Å². The monoisotopic (exact) mass is 429 g/mol. The number of hydrogen-bond donors (Lipinski definition) is 1. The number of hydrogen-bond acceptors (Lipinski definition) is 5. The second-order valence-electron chi connectivity index (χ2n) is 6.83. The standard InChI is InChI=1S/C19H22F3N3O5/c1-12(17(26)27)29-16-10-15(23-3)5-4-14(16)11-24-6-8-25(9-7-24)18(28)30-13(2)19(20,21)22/h4-5,10,12-13H,6-9,11H2,1-2H3,(H,26,27)/t12-,13?/m1/s1. The molecule has 0 radical (unpaired) electrons. The first-order chi connectivity index (χ1) is 14.0. The molecule has 1 saturated heterocycles. The number of amides is 1. The molecule has 1 aromatic carbocycles. The van der Waals surface area contributed by atoms with Crippen LogP contribution in [-0.2, 0) is 16.1 Å². The van der Waals surface area contributed by atoms with E-state index < -0.39 is 30.4 Å². The average molecular weight is 429 g/mol. The van der Waals surface area contributed by atoms with Crippen molar-refractivity contribution in [3.05, 3.63) is 35.2 Å². The topological polar surface area (TPSA) is 83.7 Å². The predicted molar refractivity (Wildman–Crippen MR) is 99.3 cm³/mol. The van der Waals surface area contributed by atoms with Crippen molar-refractivity contribution in [2.75, 3.05) is 26.2 Å². The van der Waals surface area contributed by atoms with Gasteiger partial charge in [0.2, 0.25) is 0 Å². The fourth-order valence-electron chi connectivity index (χ4n) is 2.72. The fourth-order valence-corrected chi connectivity index (χ4v) is 2.72. The van der Waals surface area contributed by atoms with Crippen LogP contribution in [0.5, 0.6) is 5.75 Å². The molecule has 1 fully saturated rings. The largest absolute Gasteiger partial charge is 0.480 e. The summed E-state index contributed by atoms with van der Waals surface area (Å²) in [4.78, 5) is 29.5. The number of carbonyl (C=O) groups is 2. The molecule has 11 heteroatoms. The van der Waals surface area contributed by atoms with Crippen LogP contribution in [0.25, 0.3) is 4.85 Å². The molecule has 2 atom stereocenters. The van der Waals surface area contributed by atoms with Gasteiger partial charge in [-0.15, -0.1) is 0 Å². The summed E-state index contributed by atoms with van der Waals surface area (Å²) in [6.07, 6.45) is -8.91. The molecule has 2 rings (SSSR count). The lowest BCUT2D eigenvalue weighted by Gasteiger charge is -2.35. The van der Waals surface area contributed by atoms with E-state index in [0.29, 0.717) is 30.9 Å². The smallest absolute Gasteiger partial charge is 0.425 e. The number of rotatable bonds is 6. The first kappa shape index (κ1) is 23.3. The summed E-state index contributed by atoms with van der Waals surface area (Å²) >= 11 is 0. The number of aliphatic carboxylic acids is 1.